The zero-order valence-electron chi connectivity index (χ0n) is 18.2. The van der Waals surface area contributed by atoms with Crippen LogP contribution in [0.5, 0.6) is 0 Å². The number of anilines is 1. The second kappa shape index (κ2) is 9.17. The molecule has 33 heavy (non-hydrogen) atoms. The summed E-state index contributed by atoms with van der Waals surface area (Å²) in [5.41, 5.74) is 3.27. The van der Waals surface area contributed by atoms with Crippen LogP contribution in [0.25, 0.3) is 0 Å². The molecule has 2 aliphatic heterocycles. The van der Waals surface area contributed by atoms with Crippen molar-refractivity contribution in [2.45, 2.75) is 43.8 Å². The molecule has 5 rings (SSSR count). The van der Waals surface area contributed by atoms with Crippen molar-refractivity contribution in [3.63, 3.8) is 0 Å². The molecule has 0 atom stereocenters. The zero-order chi connectivity index (χ0) is 23.6. The monoisotopic (exact) mass is 460 g/mol. The molecule has 1 spiro atoms. The van der Waals surface area contributed by atoms with Gasteiger partial charge in [0, 0.05) is 12.2 Å². The quantitative estimate of drug-likeness (QED) is 0.724. The first-order valence-electron chi connectivity index (χ1n) is 11.2. The van der Waals surface area contributed by atoms with E-state index in [0.717, 1.165) is 37.5 Å². The largest absolute Gasteiger partial charge is 0.490 e. The third-order valence-corrected chi connectivity index (χ3v) is 6.71. The predicted molar refractivity (Wildman–Crippen MR) is 118 cm³/mol. The summed E-state index contributed by atoms with van der Waals surface area (Å²) in [6.07, 6.45) is -0.371. The first-order valence-corrected chi connectivity index (χ1v) is 11.2. The molecule has 1 aliphatic carbocycles. The van der Waals surface area contributed by atoms with E-state index in [4.69, 9.17) is 9.90 Å². The third-order valence-electron chi connectivity index (χ3n) is 6.71. The van der Waals surface area contributed by atoms with Crippen molar-refractivity contribution in [2.75, 3.05) is 24.5 Å². The number of rotatable bonds is 4. The molecule has 5 nitrogen and oxygen atoms in total. The second-order valence-electron chi connectivity index (χ2n) is 9.02. The van der Waals surface area contributed by atoms with E-state index in [1.54, 1.807) is 0 Å². The van der Waals surface area contributed by atoms with Gasteiger partial charge in [0.15, 0.2) is 0 Å². The number of carbonyl (C=O) groups excluding carboxylic acids is 1. The van der Waals surface area contributed by atoms with Gasteiger partial charge >= 0.3 is 12.1 Å². The molecule has 0 aromatic heterocycles. The molecule has 3 aliphatic rings. The van der Waals surface area contributed by atoms with Crippen molar-refractivity contribution in [2.24, 2.45) is 5.92 Å². The van der Waals surface area contributed by atoms with Crippen molar-refractivity contribution < 1.29 is 27.9 Å². The van der Waals surface area contributed by atoms with Crippen LogP contribution in [-0.2, 0) is 21.5 Å². The average Bonchev–Trinajstić information content (AvgIpc) is 3.59. The molecular formula is C25H27F3N2O3. The topological polar surface area (TPSA) is 60.9 Å². The van der Waals surface area contributed by atoms with E-state index >= 15 is 0 Å². The van der Waals surface area contributed by atoms with Crippen LogP contribution in [0.15, 0.2) is 54.6 Å². The Hall–Kier alpha value is -2.87. The number of carboxylic acids is 1. The van der Waals surface area contributed by atoms with E-state index in [0.29, 0.717) is 12.5 Å². The number of hydrogen-bond acceptors (Lipinski definition) is 3. The van der Waals surface area contributed by atoms with Crippen molar-refractivity contribution in [1.82, 2.24) is 4.90 Å². The molecule has 2 aromatic rings. The molecule has 0 radical (unpaired) electrons. The molecule has 1 saturated heterocycles. The van der Waals surface area contributed by atoms with Crippen molar-refractivity contribution in [3.8, 4) is 0 Å². The van der Waals surface area contributed by atoms with Crippen LogP contribution in [-0.4, -0.2) is 47.7 Å². The molecule has 0 bridgehead atoms. The molecule has 2 aromatic carbocycles. The maximum absolute atomic E-state index is 13.6. The highest BCUT2D eigenvalue weighted by Gasteiger charge is 2.51. The fourth-order valence-electron chi connectivity index (χ4n) is 4.79. The van der Waals surface area contributed by atoms with Crippen LogP contribution in [0.3, 0.4) is 0 Å². The minimum absolute atomic E-state index is 0.300. The van der Waals surface area contributed by atoms with Crippen molar-refractivity contribution in [1.29, 1.82) is 0 Å². The first-order chi connectivity index (χ1) is 15.7. The van der Waals surface area contributed by atoms with Crippen LogP contribution in [0.1, 0.15) is 36.8 Å². The third kappa shape index (κ3) is 5.05. The van der Waals surface area contributed by atoms with E-state index < -0.39 is 12.1 Å². The Bertz CT molecular complexity index is 997. The Morgan fingerprint density at radius 2 is 1.58 bits per heavy atom. The molecule has 0 unspecified atom stereocenters. The van der Waals surface area contributed by atoms with Crippen molar-refractivity contribution >= 4 is 17.6 Å². The zero-order valence-corrected chi connectivity index (χ0v) is 18.2. The van der Waals surface area contributed by atoms with Gasteiger partial charge in [0.05, 0.1) is 12.0 Å². The van der Waals surface area contributed by atoms with Gasteiger partial charge in [-0.3, -0.25) is 4.79 Å². The summed E-state index contributed by atoms with van der Waals surface area (Å²) in [7, 11) is 0. The maximum Gasteiger partial charge on any atom is 0.490 e. The Morgan fingerprint density at radius 1 is 1.00 bits per heavy atom. The molecule has 2 heterocycles. The number of carbonyl (C=O) groups is 2. The Kier molecular flexibility index (Phi) is 6.47. The molecule has 2 fully saturated rings. The van der Waals surface area contributed by atoms with Gasteiger partial charge in [-0.25, -0.2) is 4.79 Å². The van der Waals surface area contributed by atoms with Gasteiger partial charge in [0.25, 0.3) is 0 Å². The SMILES string of the molecule is O=C(O)C(F)(F)F.O=C1N(Cc2ccccc2)c2ccccc2C12CCN(CC1CC1)CC2. The normalized spacial score (nSPS) is 19.7. The summed E-state index contributed by atoms with van der Waals surface area (Å²) in [4.78, 5) is 27.1. The minimum Gasteiger partial charge on any atom is -0.475 e. The first kappa shape index (κ1) is 23.3. The van der Waals surface area contributed by atoms with Gasteiger partial charge in [0.2, 0.25) is 5.91 Å². The van der Waals surface area contributed by atoms with Gasteiger partial charge in [-0.1, -0.05) is 48.5 Å². The lowest BCUT2D eigenvalue weighted by molar-refractivity contribution is -0.192. The second-order valence-corrected chi connectivity index (χ2v) is 9.02. The van der Waals surface area contributed by atoms with E-state index in [9.17, 15) is 18.0 Å². The number of alkyl halides is 3. The maximum atomic E-state index is 13.6. The number of para-hydroxylation sites is 1. The summed E-state index contributed by atoms with van der Waals surface area (Å²) >= 11 is 0. The Morgan fingerprint density at radius 3 is 2.15 bits per heavy atom. The molecular weight excluding hydrogens is 433 g/mol. The summed E-state index contributed by atoms with van der Waals surface area (Å²) in [6.45, 7) is 4.01. The minimum atomic E-state index is -5.08. The van der Waals surface area contributed by atoms with Crippen molar-refractivity contribution in [3.05, 3.63) is 65.7 Å². The summed E-state index contributed by atoms with van der Waals surface area (Å²) in [5, 5.41) is 7.12. The van der Waals surface area contributed by atoms with E-state index in [1.165, 1.54) is 30.5 Å². The summed E-state index contributed by atoms with van der Waals surface area (Å²) in [5.74, 6) is -1.52. The molecule has 8 heteroatoms. The number of carboxylic acid groups (broad SMARTS) is 1. The van der Waals surface area contributed by atoms with Crippen LogP contribution in [0.4, 0.5) is 18.9 Å². The predicted octanol–water partition coefficient (Wildman–Crippen LogP) is 4.61. The number of halogens is 3. The smallest absolute Gasteiger partial charge is 0.475 e. The number of hydrogen-bond donors (Lipinski definition) is 1. The molecule has 176 valence electrons. The Labute approximate surface area is 190 Å². The van der Waals surface area contributed by atoms with Gasteiger partial charge < -0.3 is 14.9 Å². The van der Waals surface area contributed by atoms with Crippen LogP contribution < -0.4 is 4.90 Å². The number of piperidine rings is 1. The summed E-state index contributed by atoms with van der Waals surface area (Å²) in [6, 6.07) is 18.8. The highest BCUT2D eigenvalue weighted by Crippen LogP contribution is 2.48. The fourth-order valence-corrected chi connectivity index (χ4v) is 4.79. The van der Waals surface area contributed by atoms with Crippen LogP contribution in [0, 0.1) is 5.92 Å². The highest BCUT2D eigenvalue weighted by atomic mass is 19.4. The molecule has 1 amide bonds. The van der Waals surface area contributed by atoms with E-state index in [2.05, 4.69) is 41.3 Å². The van der Waals surface area contributed by atoms with Crippen LogP contribution in [0.2, 0.25) is 0 Å². The standard InChI is InChI=1S/C23H26N2O.C2HF3O2/c26-22-23(12-14-24(15-13-23)16-19-10-11-19)20-8-4-5-9-21(20)25(22)17-18-6-2-1-3-7-18;3-2(4,5)1(6)7/h1-9,19H,10-17H2;(H,6,7). The number of aliphatic carboxylic acids is 1. The lowest BCUT2D eigenvalue weighted by Crippen LogP contribution is -2.49. The molecule has 1 saturated carbocycles. The van der Waals surface area contributed by atoms with Gasteiger partial charge in [-0.15, -0.1) is 0 Å². The van der Waals surface area contributed by atoms with E-state index in [-0.39, 0.29) is 5.41 Å². The Balaban J connectivity index is 0.000000325. The average molecular weight is 460 g/mol. The lowest BCUT2D eigenvalue weighted by atomic mass is 9.73. The number of amides is 1. The number of fused-ring (bicyclic) bond motifs is 2. The van der Waals surface area contributed by atoms with Gasteiger partial charge in [0.1, 0.15) is 0 Å². The molecule has 1 N–H and O–H groups in total. The number of benzene rings is 2. The fraction of sp³-hybridized carbons (Fsp3) is 0.440. The highest BCUT2D eigenvalue weighted by molar-refractivity contribution is 6.08. The van der Waals surface area contributed by atoms with E-state index in [1.807, 2.05) is 23.1 Å². The lowest BCUT2D eigenvalue weighted by Gasteiger charge is -2.38. The van der Waals surface area contributed by atoms with Crippen LogP contribution >= 0.6 is 0 Å². The van der Waals surface area contributed by atoms with Gasteiger partial charge in [-0.05, 0) is 61.9 Å². The number of likely N-dealkylation sites (tertiary alicyclic amines) is 1. The number of nitrogens with zero attached hydrogens (tertiary/aromatic N) is 2. The summed E-state index contributed by atoms with van der Waals surface area (Å²) < 4.78 is 31.7. The van der Waals surface area contributed by atoms with Gasteiger partial charge in [-0.2, -0.15) is 13.2 Å².